The van der Waals surface area contributed by atoms with Crippen molar-refractivity contribution in [3.05, 3.63) is 28.8 Å². The lowest BCUT2D eigenvalue weighted by atomic mass is 10.1. The molecule has 0 bridgehead atoms. The van der Waals surface area contributed by atoms with Crippen LogP contribution < -0.4 is 5.73 Å². The Morgan fingerprint density at radius 3 is 2.73 bits per heavy atom. The molecule has 1 aromatic rings. The quantitative estimate of drug-likeness (QED) is 0.746. The van der Waals surface area contributed by atoms with Gasteiger partial charge in [-0.1, -0.05) is 11.6 Å². The van der Waals surface area contributed by atoms with E-state index in [1.807, 2.05) is 0 Å². The molecule has 0 unspecified atom stereocenters. The van der Waals surface area contributed by atoms with E-state index < -0.39 is 0 Å². The van der Waals surface area contributed by atoms with Crippen molar-refractivity contribution < 1.29 is 9.90 Å². The summed E-state index contributed by atoms with van der Waals surface area (Å²) in [5, 5.41) is 9.94. The number of benzene rings is 1. The van der Waals surface area contributed by atoms with E-state index >= 15 is 0 Å². The zero-order valence-corrected chi connectivity index (χ0v) is 8.74. The molecule has 1 fully saturated rings. The highest BCUT2D eigenvalue weighted by molar-refractivity contribution is 6.30. The topological polar surface area (TPSA) is 66.6 Å². The summed E-state index contributed by atoms with van der Waals surface area (Å²) in [5.41, 5.74) is 5.84. The van der Waals surface area contributed by atoms with Crippen molar-refractivity contribution in [2.45, 2.75) is 6.04 Å². The molecule has 0 atom stereocenters. The zero-order chi connectivity index (χ0) is 11.0. The molecule has 0 aliphatic carbocycles. The van der Waals surface area contributed by atoms with Crippen molar-refractivity contribution in [1.82, 2.24) is 4.90 Å². The number of hydrogen-bond donors (Lipinski definition) is 2. The summed E-state index contributed by atoms with van der Waals surface area (Å²) in [4.78, 5) is 13.4. The van der Waals surface area contributed by atoms with E-state index in [4.69, 9.17) is 17.3 Å². The van der Waals surface area contributed by atoms with Gasteiger partial charge in [0.25, 0.3) is 5.91 Å². The molecule has 0 spiro atoms. The molecule has 1 amide bonds. The number of hydrogen-bond acceptors (Lipinski definition) is 3. The first-order valence-electron chi connectivity index (χ1n) is 4.61. The Morgan fingerprint density at radius 1 is 1.53 bits per heavy atom. The van der Waals surface area contributed by atoms with Gasteiger partial charge in [0.1, 0.15) is 5.75 Å². The van der Waals surface area contributed by atoms with E-state index in [9.17, 15) is 9.90 Å². The van der Waals surface area contributed by atoms with Crippen LogP contribution in [0.5, 0.6) is 5.75 Å². The summed E-state index contributed by atoms with van der Waals surface area (Å²) in [5.74, 6) is -0.293. The Labute approximate surface area is 92.2 Å². The summed E-state index contributed by atoms with van der Waals surface area (Å²) in [6.45, 7) is 1.09. The summed E-state index contributed by atoms with van der Waals surface area (Å²) < 4.78 is 0. The van der Waals surface area contributed by atoms with Gasteiger partial charge in [0, 0.05) is 24.2 Å². The van der Waals surface area contributed by atoms with Crippen LogP contribution in [0, 0.1) is 0 Å². The van der Waals surface area contributed by atoms with Gasteiger partial charge < -0.3 is 15.7 Å². The molecular weight excluding hydrogens is 216 g/mol. The molecule has 15 heavy (non-hydrogen) atoms. The van der Waals surface area contributed by atoms with Crippen molar-refractivity contribution in [2.24, 2.45) is 5.73 Å². The van der Waals surface area contributed by atoms with Gasteiger partial charge in [0.05, 0.1) is 5.56 Å². The fraction of sp³-hybridized carbons (Fsp3) is 0.300. The van der Waals surface area contributed by atoms with E-state index in [1.54, 1.807) is 11.0 Å². The number of amides is 1. The molecule has 1 aromatic carbocycles. The first kappa shape index (κ1) is 10.3. The van der Waals surface area contributed by atoms with Gasteiger partial charge >= 0.3 is 0 Å². The molecule has 80 valence electrons. The summed E-state index contributed by atoms with van der Waals surface area (Å²) in [6.07, 6.45) is 0. The van der Waals surface area contributed by atoms with E-state index in [0.29, 0.717) is 18.1 Å². The minimum absolute atomic E-state index is 0.0587. The first-order valence-corrected chi connectivity index (χ1v) is 4.99. The second kappa shape index (κ2) is 3.72. The largest absolute Gasteiger partial charge is 0.507 e. The van der Waals surface area contributed by atoms with Crippen LogP contribution in [0.1, 0.15) is 10.4 Å². The number of halogens is 1. The van der Waals surface area contributed by atoms with Gasteiger partial charge in [-0.2, -0.15) is 0 Å². The van der Waals surface area contributed by atoms with Crippen LogP contribution in [0.2, 0.25) is 5.02 Å². The molecular formula is C10H11ClN2O2. The van der Waals surface area contributed by atoms with Crippen molar-refractivity contribution in [3.8, 4) is 5.75 Å². The minimum Gasteiger partial charge on any atom is -0.507 e. The van der Waals surface area contributed by atoms with Crippen LogP contribution in [0.4, 0.5) is 0 Å². The first-order chi connectivity index (χ1) is 7.08. The number of nitrogens with zero attached hydrogens (tertiary/aromatic N) is 1. The van der Waals surface area contributed by atoms with Crippen LogP contribution in [0.15, 0.2) is 18.2 Å². The number of phenols is 1. The number of rotatable bonds is 1. The molecule has 4 nitrogen and oxygen atoms in total. The molecule has 1 saturated heterocycles. The van der Waals surface area contributed by atoms with Crippen LogP contribution >= 0.6 is 11.6 Å². The van der Waals surface area contributed by atoms with Crippen molar-refractivity contribution >= 4 is 17.5 Å². The third-order valence-electron chi connectivity index (χ3n) is 2.39. The molecule has 0 saturated carbocycles. The zero-order valence-electron chi connectivity index (χ0n) is 7.98. The SMILES string of the molecule is NC1CN(C(=O)c2ccc(Cl)cc2O)C1. The highest BCUT2D eigenvalue weighted by Crippen LogP contribution is 2.24. The normalized spacial score (nSPS) is 16.3. The van der Waals surface area contributed by atoms with Gasteiger partial charge in [-0.15, -0.1) is 0 Å². The highest BCUT2D eigenvalue weighted by Gasteiger charge is 2.29. The lowest BCUT2D eigenvalue weighted by Gasteiger charge is -2.36. The predicted octanol–water partition coefficient (Wildman–Crippen LogP) is 0.829. The van der Waals surface area contributed by atoms with Gasteiger partial charge in [-0.3, -0.25) is 4.79 Å². The van der Waals surface area contributed by atoms with E-state index in [0.717, 1.165) is 0 Å². The van der Waals surface area contributed by atoms with Gasteiger partial charge in [0.2, 0.25) is 0 Å². The Bertz CT molecular complexity index is 402. The fourth-order valence-corrected chi connectivity index (χ4v) is 1.70. The lowest BCUT2D eigenvalue weighted by molar-refractivity contribution is 0.0605. The predicted molar refractivity (Wildman–Crippen MR) is 57.0 cm³/mol. The molecule has 3 N–H and O–H groups in total. The van der Waals surface area contributed by atoms with Crippen molar-refractivity contribution in [1.29, 1.82) is 0 Å². The average molecular weight is 227 g/mol. The van der Waals surface area contributed by atoms with Crippen molar-refractivity contribution in [3.63, 3.8) is 0 Å². The number of aromatic hydroxyl groups is 1. The number of phenolic OH excluding ortho intramolecular Hbond substituents is 1. The summed E-state index contributed by atoms with van der Waals surface area (Å²) in [7, 11) is 0. The molecule has 5 heteroatoms. The standard InChI is InChI=1S/C10H11ClN2O2/c11-6-1-2-8(9(14)3-6)10(15)13-4-7(12)5-13/h1-3,7,14H,4-5,12H2. The monoisotopic (exact) mass is 226 g/mol. The Morgan fingerprint density at radius 2 is 2.20 bits per heavy atom. The maximum Gasteiger partial charge on any atom is 0.257 e. The average Bonchev–Trinajstić information content (AvgIpc) is 2.12. The third-order valence-corrected chi connectivity index (χ3v) is 2.62. The summed E-state index contributed by atoms with van der Waals surface area (Å²) >= 11 is 5.67. The van der Waals surface area contributed by atoms with E-state index in [1.165, 1.54) is 12.1 Å². The second-order valence-electron chi connectivity index (χ2n) is 3.63. The van der Waals surface area contributed by atoms with Crippen LogP contribution in [0.25, 0.3) is 0 Å². The van der Waals surface area contributed by atoms with Gasteiger partial charge in [-0.25, -0.2) is 0 Å². The second-order valence-corrected chi connectivity index (χ2v) is 4.07. The molecule has 1 heterocycles. The Balaban J connectivity index is 2.19. The molecule has 0 radical (unpaired) electrons. The maximum atomic E-state index is 11.8. The Kier molecular flexibility index (Phi) is 2.54. The van der Waals surface area contributed by atoms with Gasteiger partial charge in [-0.05, 0) is 18.2 Å². The lowest BCUT2D eigenvalue weighted by Crippen LogP contribution is -2.57. The summed E-state index contributed by atoms with van der Waals surface area (Å²) in [6, 6.07) is 4.51. The van der Waals surface area contributed by atoms with Gasteiger partial charge in [0.15, 0.2) is 0 Å². The number of carbonyl (C=O) groups excluding carboxylic acids is 1. The van der Waals surface area contributed by atoms with Crippen LogP contribution in [-0.4, -0.2) is 35.0 Å². The van der Waals surface area contributed by atoms with E-state index in [-0.39, 0.29) is 23.3 Å². The number of nitrogens with two attached hydrogens (primary N) is 1. The van der Waals surface area contributed by atoms with Crippen LogP contribution in [0.3, 0.4) is 0 Å². The molecule has 2 rings (SSSR count). The number of carbonyl (C=O) groups is 1. The fourth-order valence-electron chi connectivity index (χ4n) is 1.53. The molecule has 1 aliphatic heterocycles. The van der Waals surface area contributed by atoms with Crippen LogP contribution in [-0.2, 0) is 0 Å². The molecule has 1 aliphatic rings. The third kappa shape index (κ3) is 1.91. The van der Waals surface area contributed by atoms with E-state index in [2.05, 4.69) is 0 Å². The van der Waals surface area contributed by atoms with Crippen molar-refractivity contribution in [2.75, 3.05) is 13.1 Å². The number of likely N-dealkylation sites (tertiary alicyclic amines) is 1. The minimum atomic E-state index is -0.203. The Hall–Kier alpha value is -1.26. The maximum absolute atomic E-state index is 11.8. The molecule has 0 aromatic heterocycles. The smallest absolute Gasteiger partial charge is 0.257 e. The highest BCUT2D eigenvalue weighted by atomic mass is 35.5.